The molecular weight excluding hydrogens is 250 g/mol. The van der Waals surface area contributed by atoms with E-state index in [1.807, 2.05) is 12.1 Å². The first-order valence-electron chi connectivity index (χ1n) is 5.75. The van der Waals surface area contributed by atoms with E-state index in [1.54, 1.807) is 18.2 Å². The number of benzene rings is 1. The second kappa shape index (κ2) is 5.80. The highest BCUT2D eigenvalue weighted by Crippen LogP contribution is 2.17. The smallest absolute Gasteiger partial charge is 0.269 e. The Morgan fingerprint density at radius 3 is 2.89 bits per heavy atom. The molecule has 0 aliphatic heterocycles. The summed E-state index contributed by atoms with van der Waals surface area (Å²) in [6.45, 7) is 1.12. The zero-order valence-electron chi connectivity index (χ0n) is 9.82. The average molecular weight is 264 g/mol. The third-order valence-electron chi connectivity index (χ3n) is 2.55. The van der Waals surface area contributed by atoms with Gasteiger partial charge in [-0.05, 0) is 31.2 Å². The lowest BCUT2D eigenvalue weighted by Gasteiger charge is -2.05. The lowest BCUT2D eigenvalue weighted by atomic mass is 10.2. The van der Waals surface area contributed by atoms with Gasteiger partial charge in [0.2, 0.25) is 0 Å². The largest absolute Gasteiger partial charge is 0.351 e. The number of carbonyl (C=O) groups excluding carboxylic acids is 1. The average Bonchev–Trinajstić information content (AvgIpc) is 2.38. The van der Waals surface area contributed by atoms with Crippen LogP contribution < -0.4 is 11.1 Å². The number of halogens is 1. The summed E-state index contributed by atoms with van der Waals surface area (Å²) in [4.78, 5) is 16.1. The van der Waals surface area contributed by atoms with Crippen molar-refractivity contribution >= 4 is 28.4 Å². The van der Waals surface area contributed by atoms with Crippen LogP contribution in [0.1, 0.15) is 16.9 Å². The summed E-state index contributed by atoms with van der Waals surface area (Å²) in [6, 6.07) is 8.98. The van der Waals surface area contributed by atoms with Crippen molar-refractivity contribution < 1.29 is 4.79 Å². The van der Waals surface area contributed by atoms with Crippen molar-refractivity contribution in [1.82, 2.24) is 10.3 Å². The molecule has 1 aromatic carbocycles. The quantitative estimate of drug-likeness (QED) is 0.829. The van der Waals surface area contributed by atoms with Crippen LogP contribution in [0.5, 0.6) is 0 Å². The molecule has 0 saturated heterocycles. The Balaban J connectivity index is 2.21. The van der Waals surface area contributed by atoms with E-state index in [0.717, 1.165) is 11.8 Å². The summed E-state index contributed by atoms with van der Waals surface area (Å²) in [5, 5.41) is 4.33. The minimum atomic E-state index is -0.190. The van der Waals surface area contributed by atoms with E-state index in [9.17, 15) is 4.79 Å². The van der Waals surface area contributed by atoms with Crippen LogP contribution in [0, 0.1) is 0 Å². The molecule has 0 atom stereocenters. The predicted octanol–water partition coefficient (Wildman–Crippen LogP) is 1.97. The highest BCUT2D eigenvalue weighted by molar-refractivity contribution is 6.31. The summed E-state index contributed by atoms with van der Waals surface area (Å²) in [5.74, 6) is -0.190. The Labute approximate surface area is 110 Å². The number of fused-ring (bicyclic) bond motifs is 1. The Morgan fingerprint density at radius 2 is 2.11 bits per heavy atom. The number of rotatable bonds is 4. The number of carbonyl (C=O) groups is 1. The van der Waals surface area contributed by atoms with Crippen LogP contribution in [0.2, 0.25) is 5.02 Å². The number of nitrogens with zero attached hydrogens (tertiary/aromatic N) is 1. The number of hydrogen-bond acceptors (Lipinski definition) is 3. The molecule has 0 radical (unpaired) electrons. The molecule has 5 heteroatoms. The van der Waals surface area contributed by atoms with Crippen LogP contribution in [0.4, 0.5) is 0 Å². The van der Waals surface area contributed by atoms with Gasteiger partial charge in [-0.1, -0.05) is 23.7 Å². The summed E-state index contributed by atoms with van der Waals surface area (Å²) in [7, 11) is 0. The summed E-state index contributed by atoms with van der Waals surface area (Å²) in [5.41, 5.74) is 6.47. The molecule has 94 valence electrons. The fraction of sp³-hybridized carbons (Fsp3) is 0.231. The van der Waals surface area contributed by atoms with E-state index in [4.69, 9.17) is 17.3 Å². The molecule has 0 fully saturated rings. The molecule has 1 heterocycles. The van der Waals surface area contributed by atoms with E-state index >= 15 is 0 Å². The molecule has 0 spiro atoms. The maximum absolute atomic E-state index is 11.8. The second-order valence-corrected chi connectivity index (χ2v) is 4.37. The van der Waals surface area contributed by atoms with Gasteiger partial charge in [0.15, 0.2) is 0 Å². The number of nitrogens with two attached hydrogens (primary N) is 1. The Hall–Kier alpha value is -1.65. The van der Waals surface area contributed by atoms with Gasteiger partial charge < -0.3 is 11.1 Å². The first-order chi connectivity index (χ1) is 8.70. The van der Waals surface area contributed by atoms with Crippen LogP contribution >= 0.6 is 11.6 Å². The Bertz CT molecular complexity index is 571. The molecule has 1 amide bonds. The molecule has 18 heavy (non-hydrogen) atoms. The van der Waals surface area contributed by atoms with Gasteiger partial charge in [-0.25, -0.2) is 4.98 Å². The normalized spacial score (nSPS) is 10.6. The first kappa shape index (κ1) is 12.8. The van der Waals surface area contributed by atoms with E-state index in [0.29, 0.717) is 29.3 Å². The van der Waals surface area contributed by atoms with Crippen LogP contribution in [-0.2, 0) is 0 Å². The zero-order chi connectivity index (χ0) is 13.0. The second-order valence-electron chi connectivity index (χ2n) is 3.93. The van der Waals surface area contributed by atoms with E-state index in [2.05, 4.69) is 10.3 Å². The van der Waals surface area contributed by atoms with Gasteiger partial charge in [-0.3, -0.25) is 4.79 Å². The van der Waals surface area contributed by atoms with Crippen molar-refractivity contribution in [2.45, 2.75) is 6.42 Å². The molecule has 4 nitrogen and oxygen atoms in total. The summed E-state index contributed by atoms with van der Waals surface area (Å²) >= 11 is 5.90. The van der Waals surface area contributed by atoms with Crippen molar-refractivity contribution in [2.24, 2.45) is 5.73 Å². The molecule has 0 aliphatic rings. The fourth-order valence-corrected chi connectivity index (χ4v) is 1.78. The van der Waals surface area contributed by atoms with E-state index in [1.165, 1.54) is 0 Å². The molecule has 2 aromatic rings. The maximum atomic E-state index is 11.8. The van der Waals surface area contributed by atoms with Gasteiger partial charge in [-0.15, -0.1) is 0 Å². The number of pyridine rings is 1. The van der Waals surface area contributed by atoms with Gasteiger partial charge in [-0.2, -0.15) is 0 Å². The molecule has 0 unspecified atom stereocenters. The van der Waals surface area contributed by atoms with Crippen molar-refractivity contribution in [3.8, 4) is 0 Å². The number of hydrogen-bond donors (Lipinski definition) is 2. The lowest BCUT2D eigenvalue weighted by Crippen LogP contribution is -2.26. The molecule has 0 bridgehead atoms. The molecule has 2 rings (SSSR count). The van der Waals surface area contributed by atoms with E-state index < -0.39 is 0 Å². The summed E-state index contributed by atoms with van der Waals surface area (Å²) < 4.78 is 0. The van der Waals surface area contributed by atoms with Crippen LogP contribution in [0.25, 0.3) is 10.9 Å². The van der Waals surface area contributed by atoms with Gasteiger partial charge in [0.25, 0.3) is 5.91 Å². The van der Waals surface area contributed by atoms with Crippen molar-refractivity contribution in [1.29, 1.82) is 0 Å². The summed E-state index contributed by atoms with van der Waals surface area (Å²) in [6.07, 6.45) is 0.755. The highest BCUT2D eigenvalue weighted by atomic mass is 35.5. The predicted molar refractivity (Wildman–Crippen MR) is 72.8 cm³/mol. The first-order valence-corrected chi connectivity index (χ1v) is 6.13. The molecule has 3 N–H and O–H groups in total. The third-order valence-corrected chi connectivity index (χ3v) is 2.79. The van der Waals surface area contributed by atoms with Crippen LogP contribution in [0.15, 0.2) is 30.3 Å². The Kier molecular flexibility index (Phi) is 4.12. The van der Waals surface area contributed by atoms with Crippen molar-refractivity contribution in [2.75, 3.05) is 13.1 Å². The topological polar surface area (TPSA) is 68.0 Å². The van der Waals surface area contributed by atoms with E-state index in [-0.39, 0.29) is 5.91 Å². The molecular formula is C13H14ClN3O. The van der Waals surface area contributed by atoms with Gasteiger partial charge in [0.1, 0.15) is 5.69 Å². The number of aromatic nitrogens is 1. The van der Waals surface area contributed by atoms with Crippen LogP contribution in [-0.4, -0.2) is 24.0 Å². The lowest BCUT2D eigenvalue weighted by molar-refractivity contribution is 0.0949. The molecule has 0 saturated carbocycles. The van der Waals surface area contributed by atoms with Crippen LogP contribution in [0.3, 0.4) is 0 Å². The zero-order valence-corrected chi connectivity index (χ0v) is 10.6. The third kappa shape index (κ3) is 2.97. The fourth-order valence-electron chi connectivity index (χ4n) is 1.61. The SMILES string of the molecule is NCCCNC(=O)c1ccc2ccc(Cl)cc2n1. The Morgan fingerprint density at radius 1 is 1.33 bits per heavy atom. The minimum Gasteiger partial charge on any atom is -0.351 e. The highest BCUT2D eigenvalue weighted by Gasteiger charge is 2.07. The molecule has 0 aliphatic carbocycles. The van der Waals surface area contributed by atoms with Gasteiger partial charge >= 0.3 is 0 Å². The monoisotopic (exact) mass is 263 g/mol. The van der Waals surface area contributed by atoms with Gasteiger partial charge in [0, 0.05) is 17.0 Å². The standard InChI is InChI=1S/C13H14ClN3O/c14-10-4-2-9-3-5-11(17-12(9)8-10)13(18)16-7-1-6-15/h2-5,8H,1,6-7,15H2,(H,16,18). The van der Waals surface area contributed by atoms with Gasteiger partial charge in [0.05, 0.1) is 5.52 Å². The number of nitrogens with one attached hydrogen (secondary N) is 1. The minimum absolute atomic E-state index is 0.190. The molecule has 1 aromatic heterocycles. The van der Waals surface area contributed by atoms with Crippen molar-refractivity contribution in [3.63, 3.8) is 0 Å². The number of amides is 1. The van der Waals surface area contributed by atoms with Crippen molar-refractivity contribution in [3.05, 3.63) is 41.0 Å². The maximum Gasteiger partial charge on any atom is 0.269 e.